The van der Waals surface area contributed by atoms with E-state index in [1.54, 1.807) is 0 Å². The van der Waals surface area contributed by atoms with Gasteiger partial charge >= 0.3 is 5.97 Å². The summed E-state index contributed by atoms with van der Waals surface area (Å²) in [6.45, 7) is 5.67. The summed E-state index contributed by atoms with van der Waals surface area (Å²) in [6, 6.07) is 0. The molecule has 82 valence electrons. The van der Waals surface area contributed by atoms with Crippen LogP contribution in [-0.2, 0) is 4.74 Å². The first-order valence-electron chi connectivity index (χ1n) is 4.52. The quantitative estimate of drug-likeness (QED) is 0.691. The lowest BCUT2D eigenvalue weighted by atomic mass is 10.2. The second-order valence-corrected chi connectivity index (χ2v) is 3.95. The molecule has 0 unspecified atom stereocenters. The summed E-state index contributed by atoms with van der Waals surface area (Å²) < 4.78 is 9.98. The smallest absolute Gasteiger partial charge is 0.358 e. The van der Waals surface area contributed by atoms with Gasteiger partial charge in [-0.2, -0.15) is 0 Å². The highest BCUT2D eigenvalue weighted by molar-refractivity contribution is 5.86. The minimum atomic E-state index is -0.526. The molecule has 1 aromatic rings. The van der Waals surface area contributed by atoms with Crippen LogP contribution in [0, 0.1) is 0 Å². The lowest BCUT2D eigenvalue weighted by Gasteiger charge is -2.19. The zero-order chi connectivity index (χ0) is 11.5. The first-order chi connectivity index (χ1) is 6.92. The summed E-state index contributed by atoms with van der Waals surface area (Å²) in [5, 5.41) is 0. The lowest BCUT2D eigenvalue weighted by Crippen LogP contribution is -2.24. The second-order valence-electron chi connectivity index (χ2n) is 3.95. The maximum absolute atomic E-state index is 11.2. The maximum Gasteiger partial charge on any atom is 0.358 e. The van der Waals surface area contributed by atoms with E-state index >= 15 is 0 Å². The third-order valence-electron chi connectivity index (χ3n) is 1.42. The van der Waals surface area contributed by atoms with Crippen LogP contribution in [0.5, 0.6) is 5.88 Å². The minimum absolute atomic E-state index is 0.138. The number of carbonyl (C=O) groups is 1. The minimum Gasteiger partial charge on any atom is -0.471 e. The van der Waals surface area contributed by atoms with E-state index in [4.69, 9.17) is 4.74 Å². The molecule has 0 N–H and O–H groups in total. The number of hydrogen-bond donors (Lipinski definition) is 0. The lowest BCUT2D eigenvalue weighted by molar-refractivity contribution is 0.0588. The average Bonchev–Trinajstić information content (AvgIpc) is 2.14. The van der Waals surface area contributed by atoms with Crippen LogP contribution in [0.25, 0.3) is 0 Å². The molecule has 0 saturated heterocycles. The van der Waals surface area contributed by atoms with Gasteiger partial charge in [-0.3, -0.25) is 4.98 Å². The van der Waals surface area contributed by atoms with Crippen LogP contribution in [-0.4, -0.2) is 28.6 Å². The molecule has 5 heteroatoms. The summed E-state index contributed by atoms with van der Waals surface area (Å²) in [5.41, 5.74) is -0.233. The van der Waals surface area contributed by atoms with E-state index in [2.05, 4.69) is 14.7 Å². The largest absolute Gasteiger partial charge is 0.471 e. The van der Waals surface area contributed by atoms with Crippen LogP contribution < -0.4 is 4.74 Å². The summed E-state index contributed by atoms with van der Waals surface area (Å²) in [5.74, 6) is -0.216. The number of rotatable bonds is 2. The zero-order valence-electron chi connectivity index (χ0n) is 9.27. The molecule has 0 aliphatic carbocycles. The van der Waals surface area contributed by atoms with Gasteiger partial charge in [0.25, 0.3) is 0 Å². The van der Waals surface area contributed by atoms with E-state index in [0.29, 0.717) is 5.88 Å². The topological polar surface area (TPSA) is 61.3 Å². The first kappa shape index (κ1) is 11.4. The zero-order valence-corrected chi connectivity index (χ0v) is 9.27. The van der Waals surface area contributed by atoms with Crippen LogP contribution >= 0.6 is 0 Å². The molecule has 0 saturated carbocycles. The Hall–Kier alpha value is -1.65. The molecule has 0 atom stereocenters. The molecule has 15 heavy (non-hydrogen) atoms. The van der Waals surface area contributed by atoms with Crippen LogP contribution in [0.1, 0.15) is 31.3 Å². The van der Waals surface area contributed by atoms with Gasteiger partial charge in [0.15, 0.2) is 5.69 Å². The Bertz CT molecular complexity index is 358. The number of esters is 1. The number of ether oxygens (including phenoxy) is 2. The number of aromatic nitrogens is 2. The first-order valence-corrected chi connectivity index (χ1v) is 4.52. The Kier molecular flexibility index (Phi) is 3.24. The van der Waals surface area contributed by atoms with Crippen molar-refractivity contribution < 1.29 is 14.3 Å². The van der Waals surface area contributed by atoms with Crippen molar-refractivity contribution in [1.82, 2.24) is 9.97 Å². The van der Waals surface area contributed by atoms with Crippen molar-refractivity contribution in [2.24, 2.45) is 0 Å². The van der Waals surface area contributed by atoms with E-state index in [0.717, 1.165) is 0 Å². The number of methoxy groups -OCH3 is 1. The van der Waals surface area contributed by atoms with Gasteiger partial charge in [0, 0.05) is 0 Å². The van der Waals surface area contributed by atoms with Gasteiger partial charge in [-0.1, -0.05) is 0 Å². The molecule has 1 aromatic heterocycles. The Morgan fingerprint density at radius 2 is 2.00 bits per heavy atom. The molecular weight excluding hydrogens is 196 g/mol. The fourth-order valence-electron chi connectivity index (χ4n) is 0.914. The van der Waals surface area contributed by atoms with Crippen molar-refractivity contribution >= 4 is 5.97 Å². The van der Waals surface area contributed by atoms with E-state index in [1.165, 1.54) is 19.5 Å². The second kappa shape index (κ2) is 4.25. The van der Waals surface area contributed by atoms with E-state index in [9.17, 15) is 4.79 Å². The summed E-state index contributed by atoms with van der Waals surface area (Å²) in [7, 11) is 1.29. The molecule has 5 nitrogen and oxygen atoms in total. The highest BCUT2D eigenvalue weighted by Crippen LogP contribution is 2.14. The van der Waals surface area contributed by atoms with Crippen LogP contribution in [0.4, 0.5) is 0 Å². The number of hydrogen-bond acceptors (Lipinski definition) is 5. The molecule has 0 fully saturated rings. The van der Waals surface area contributed by atoms with Crippen molar-refractivity contribution in [2.75, 3.05) is 7.11 Å². The fourth-order valence-corrected chi connectivity index (χ4v) is 0.914. The van der Waals surface area contributed by atoms with Crippen molar-refractivity contribution in [1.29, 1.82) is 0 Å². The summed E-state index contributed by atoms with van der Waals surface area (Å²) in [6.07, 6.45) is 2.79. The van der Waals surface area contributed by atoms with Gasteiger partial charge in [0.1, 0.15) is 5.60 Å². The van der Waals surface area contributed by atoms with Crippen LogP contribution in [0.2, 0.25) is 0 Å². The van der Waals surface area contributed by atoms with E-state index in [-0.39, 0.29) is 11.3 Å². The van der Waals surface area contributed by atoms with Crippen molar-refractivity contribution in [3.8, 4) is 5.88 Å². The fraction of sp³-hybridized carbons (Fsp3) is 0.500. The SMILES string of the molecule is COC(=O)c1cncc(OC(C)(C)C)n1. The van der Waals surface area contributed by atoms with Crippen LogP contribution in [0.3, 0.4) is 0 Å². The summed E-state index contributed by atoms with van der Waals surface area (Å²) >= 11 is 0. The van der Waals surface area contributed by atoms with E-state index in [1.807, 2.05) is 20.8 Å². The van der Waals surface area contributed by atoms with Gasteiger partial charge in [-0.15, -0.1) is 0 Å². The van der Waals surface area contributed by atoms with Gasteiger partial charge in [-0.05, 0) is 20.8 Å². The predicted molar refractivity (Wildman–Crippen MR) is 53.8 cm³/mol. The monoisotopic (exact) mass is 210 g/mol. The third kappa shape index (κ3) is 3.53. The standard InChI is InChI=1S/C10H14N2O3/c1-10(2,3)15-8-6-11-5-7(12-8)9(13)14-4/h5-6H,1-4H3. The highest BCUT2D eigenvalue weighted by Gasteiger charge is 2.15. The number of nitrogens with zero attached hydrogens (tertiary/aromatic N) is 2. The van der Waals surface area contributed by atoms with Crippen LogP contribution in [0.15, 0.2) is 12.4 Å². The summed E-state index contributed by atoms with van der Waals surface area (Å²) in [4.78, 5) is 19.0. The number of carbonyl (C=O) groups excluding carboxylic acids is 1. The van der Waals surface area contributed by atoms with Crippen molar-refractivity contribution in [3.05, 3.63) is 18.1 Å². The molecule has 0 aliphatic rings. The molecule has 0 amide bonds. The molecule has 0 bridgehead atoms. The van der Waals surface area contributed by atoms with Gasteiger partial charge in [0.05, 0.1) is 19.5 Å². The van der Waals surface area contributed by atoms with Gasteiger partial charge in [0.2, 0.25) is 5.88 Å². The maximum atomic E-state index is 11.2. The Morgan fingerprint density at radius 3 is 2.53 bits per heavy atom. The van der Waals surface area contributed by atoms with Gasteiger partial charge in [-0.25, -0.2) is 9.78 Å². The third-order valence-corrected chi connectivity index (χ3v) is 1.42. The van der Waals surface area contributed by atoms with Crippen molar-refractivity contribution in [2.45, 2.75) is 26.4 Å². The molecule has 0 spiro atoms. The highest BCUT2D eigenvalue weighted by atomic mass is 16.5. The molecular formula is C10H14N2O3. The van der Waals surface area contributed by atoms with Crippen molar-refractivity contribution in [3.63, 3.8) is 0 Å². The average molecular weight is 210 g/mol. The van der Waals surface area contributed by atoms with E-state index < -0.39 is 5.97 Å². The Morgan fingerprint density at radius 1 is 1.33 bits per heavy atom. The molecule has 1 rings (SSSR count). The molecule has 0 aromatic carbocycles. The van der Waals surface area contributed by atoms with Gasteiger partial charge < -0.3 is 9.47 Å². The normalized spacial score (nSPS) is 10.9. The molecule has 0 aliphatic heterocycles. The Labute approximate surface area is 88.4 Å². The molecule has 1 heterocycles. The molecule has 0 radical (unpaired) electrons. The predicted octanol–water partition coefficient (Wildman–Crippen LogP) is 1.44. The Balaban J connectivity index is 2.88.